The Bertz CT molecular complexity index is 946. The number of rotatable bonds is 7. The number of anilines is 1. The zero-order chi connectivity index (χ0) is 19.4. The van der Waals surface area contributed by atoms with E-state index < -0.39 is 10.0 Å². The summed E-state index contributed by atoms with van der Waals surface area (Å²) in [5, 5.41) is 5.77. The molecule has 1 atom stereocenters. The van der Waals surface area contributed by atoms with Gasteiger partial charge in [0.1, 0.15) is 0 Å². The molecule has 0 saturated carbocycles. The highest BCUT2D eigenvalue weighted by Crippen LogP contribution is 2.34. The van der Waals surface area contributed by atoms with Crippen LogP contribution in [0.25, 0.3) is 0 Å². The molecule has 0 aromatic heterocycles. The van der Waals surface area contributed by atoms with Crippen LogP contribution in [0.2, 0.25) is 0 Å². The second-order valence-corrected chi connectivity index (χ2v) is 7.78. The highest BCUT2D eigenvalue weighted by molar-refractivity contribution is 7.92. The number of carbonyl (C=O) groups is 1. The molecule has 1 aliphatic heterocycles. The predicted octanol–water partition coefficient (Wildman–Crippen LogP) is 1.55. The van der Waals surface area contributed by atoms with Crippen LogP contribution >= 0.6 is 0 Å². The molecule has 0 saturated heterocycles. The normalized spacial score (nSPS) is 13.9. The second-order valence-electron chi connectivity index (χ2n) is 6.10. The van der Waals surface area contributed by atoms with E-state index in [1.807, 2.05) is 6.92 Å². The number of carbonyl (C=O) groups excluding carboxylic acids is 1. The number of amides is 1. The van der Waals surface area contributed by atoms with E-state index in [2.05, 4.69) is 15.4 Å². The third kappa shape index (κ3) is 4.50. The summed E-state index contributed by atoms with van der Waals surface area (Å²) in [6.07, 6.45) is 0. The lowest BCUT2D eigenvalue weighted by molar-refractivity contribution is 0.0950. The number of nitrogens with one attached hydrogen (secondary N) is 3. The summed E-state index contributed by atoms with van der Waals surface area (Å²) < 4.78 is 38.3. The summed E-state index contributed by atoms with van der Waals surface area (Å²) in [6, 6.07) is 10.7. The average Bonchev–Trinajstić information content (AvgIpc) is 3.13. The van der Waals surface area contributed by atoms with E-state index in [1.165, 1.54) is 18.2 Å². The van der Waals surface area contributed by atoms with E-state index in [1.54, 1.807) is 31.3 Å². The van der Waals surface area contributed by atoms with Gasteiger partial charge in [-0.15, -0.1) is 0 Å². The molecule has 9 heteroatoms. The standard InChI is InChI=1S/C18H21N3O5S/c1-12(19-2)10-20-18(22)13-4-3-5-15(8-13)27(23,24)21-14-6-7-16-17(9-14)26-11-25-16/h3-9,12,19,21H,10-11H2,1-2H3,(H,20,22). The van der Waals surface area contributed by atoms with Gasteiger partial charge >= 0.3 is 0 Å². The zero-order valence-electron chi connectivity index (χ0n) is 15.0. The van der Waals surface area contributed by atoms with Crippen LogP contribution in [-0.2, 0) is 10.0 Å². The minimum absolute atomic E-state index is 0.00511. The SMILES string of the molecule is CNC(C)CNC(=O)c1cccc(S(=O)(=O)Nc2ccc3c(c2)OCO3)c1. The van der Waals surface area contributed by atoms with E-state index in [0.29, 0.717) is 23.7 Å². The first-order chi connectivity index (χ1) is 12.9. The van der Waals surface area contributed by atoms with Gasteiger partial charge in [-0.3, -0.25) is 9.52 Å². The van der Waals surface area contributed by atoms with Crippen LogP contribution in [0.5, 0.6) is 11.5 Å². The van der Waals surface area contributed by atoms with Gasteiger partial charge < -0.3 is 20.1 Å². The molecule has 3 N–H and O–H groups in total. The molecule has 0 bridgehead atoms. The Hall–Kier alpha value is -2.78. The summed E-state index contributed by atoms with van der Waals surface area (Å²) in [5.41, 5.74) is 0.615. The molecule has 2 aromatic rings. The minimum Gasteiger partial charge on any atom is -0.454 e. The van der Waals surface area contributed by atoms with Crippen molar-refractivity contribution in [3.8, 4) is 11.5 Å². The third-order valence-electron chi connectivity index (χ3n) is 4.09. The summed E-state index contributed by atoms with van der Waals surface area (Å²) in [5.74, 6) is 0.701. The van der Waals surface area contributed by atoms with Crippen molar-refractivity contribution < 1.29 is 22.7 Å². The van der Waals surface area contributed by atoms with Gasteiger partial charge in [0, 0.05) is 24.2 Å². The van der Waals surface area contributed by atoms with Crippen LogP contribution in [0, 0.1) is 0 Å². The number of fused-ring (bicyclic) bond motifs is 1. The van der Waals surface area contributed by atoms with Crippen LogP contribution < -0.4 is 24.8 Å². The first kappa shape index (κ1) is 19.0. The van der Waals surface area contributed by atoms with Gasteiger partial charge in [0.25, 0.3) is 15.9 Å². The molecule has 0 radical (unpaired) electrons. The molecule has 1 heterocycles. The number of benzene rings is 2. The molecule has 0 aliphatic carbocycles. The molecule has 3 rings (SSSR count). The molecule has 1 aliphatic rings. The minimum atomic E-state index is -3.86. The smallest absolute Gasteiger partial charge is 0.261 e. The quantitative estimate of drug-likeness (QED) is 0.661. The third-order valence-corrected chi connectivity index (χ3v) is 5.47. The van der Waals surface area contributed by atoms with Crippen molar-refractivity contribution in [2.45, 2.75) is 17.9 Å². The number of hydrogen-bond donors (Lipinski definition) is 3. The first-order valence-electron chi connectivity index (χ1n) is 8.37. The Morgan fingerprint density at radius 2 is 1.93 bits per heavy atom. The van der Waals surface area contributed by atoms with Crippen molar-refractivity contribution >= 4 is 21.6 Å². The molecular formula is C18H21N3O5S. The van der Waals surface area contributed by atoms with Crippen molar-refractivity contribution in [2.24, 2.45) is 0 Å². The molecular weight excluding hydrogens is 370 g/mol. The monoisotopic (exact) mass is 391 g/mol. The van der Waals surface area contributed by atoms with Gasteiger partial charge in [0.05, 0.1) is 10.6 Å². The fraction of sp³-hybridized carbons (Fsp3) is 0.278. The van der Waals surface area contributed by atoms with Gasteiger partial charge in [0.2, 0.25) is 6.79 Å². The first-order valence-corrected chi connectivity index (χ1v) is 9.85. The van der Waals surface area contributed by atoms with Crippen molar-refractivity contribution in [1.29, 1.82) is 0 Å². The van der Waals surface area contributed by atoms with E-state index in [4.69, 9.17) is 9.47 Å². The summed E-state index contributed by atoms with van der Waals surface area (Å²) in [6.45, 7) is 2.47. The lowest BCUT2D eigenvalue weighted by Crippen LogP contribution is -2.37. The van der Waals surface area contributed by atoms with Crippen LogP contribution in [0.4, 0.5) is 5.69 Å². The average molecular weight is 391 g/mol. The fourth-order valence-electron chi connectivity index (χ4n) is 2.43. The Kier molecular flexibility index (Phi) is 5.52. The number of ether oxygens (including phenoxy) is 2. The maximum Gasteiger partial charge on any atom is 0.261 e. The zero-order valence-corrected chi connectivity index (χ0v) is 15.8. The molecule has 27 heavy (non-hydrogen) atoms. The maximum atomic E-state index is 12.7. The largest absolute Gasteiger partial charge is 0.454 e. The number of hydrogen-bond acceptors (Lipinski definition) is 6. The predicted molar refractivity (Wildman–Crippen MR) is 101 cm³/mol. The number of sulfonamides is 1. The summed E-state index contributed by atoms with van der Waals surface area (Å²) in [7, 11) is -2.06. The van der Waals surface area contributed by atoms with Gasteiger partial charge in [0.15, 0.2) is 11.5 Å². The second kappa shape index (κ2) is 7.85. The van der Waals surface area contributed by atoms with E-state index >= 15 is 0 Å². The van der Waals surface area contributed by atoms with E-state index in [9.17, 15) is 13.2 Å². The Morgan fingerprint density at radius 1 is 1.15 bits per heavy atom. The molecule has 0 fully saturated rings. The van der Waals surface area contributed by atoms with Gasteiger partial charge in [-0.25, -0.2) is 8.42 Å². The van der Waals surface area contributed by atoms with Crippen LogP contribution in [0.3, 0.4) is 0 Å². The maximum absolute atomic E-state index is 12.7. The van der Waals surface area contributed by atoms with Gasteiger partial charge in [-0.1, -0.05) is 6.07 Å². The van der Waals surface area contributed by atoms with Crippen molar-refractivity contribution in [1.82, 2.24) is 10.6 Å². The Labute approximate surface area is 157 Å². The molecule has 1 amide bonds. The highest BCUT2D eigenvalue weighted by atomic mass is 32.2. The molecule has 144 valence electrons. The lowest BCUT2D eigenvalue weighted by Gasteiger charge is -2.12. The Morgan fingerprint density at radius 3 is 2.70 bits per heavy atom. The van der Waals surface area contributed by atoms with E-state index in [-0.39, 0.29) is 29.2 Å². The molecule has 1 unspecified atom stereocenters. The number of likely N-dealkylation sites (N-methyl/N-ethyl adjacent to an activating group) is 1. The summed E-state index contributed by atoms with van der Waals surface area (Å²) in [4.78, 5) is 12.2. The fourth-order valence-corrected chi connectivity index (χ4v) is 3.52. The summed E-state index contributed by atoms with van der Waals surface area (Å²) >= 11 is 0. The van der Waals surface area contributed by atoms with Gasteiger partial charge in [-0.05, 0) is 44.3 Å². The van der Waals surface area contributed by atoms with E-state index in [0.717, 1.165) is 0 Å². The van der Waals surface area contributed by atoms with Crippen LogP contribution in [-0.4, -0.2) is 40.8 Å². The van der Waals surface area contributed by atoms with Gasteiger partial charge in [-0.2, -0.15) is 0 Å². The topological polar surface area (TPSA) is 106 Å². The van der Waals surface area contributed by atoms with Crippen LogP contribution in [0.15, 0.2) is 47.4 Å². The van der Waals surface area contributed by atoms with Crippen molar-refractivity contribution in [2.75, 3.05) is 25.1 Å². The lowest BCUT2D eigenvalue weighted by atomic mass is 10.2. The molecule has 2 aromatic carbocycles. The Balaban J connectivity index is 1.75. The highest BCUT2D eigenvalue weighted by Gasteiger charge is 2.19. The van der Waals surface area contributed by atoms with Crippen molar-refractivity contribution in [3.05, 3.63) is 48.0 Å². The van der Waals surface area contributed by atoms with Crippen LogP contribution in [0.1, 0.15) is 17.3 Å². The molecule has 8 nitrogen and oxygen atoms in total. The van der Waals surface area contributed by atoms with Crippen molar-refractivity contribution in [3.63, 3.8) is 0 Å². The molecule has 0 spiro atoms.